The molecule has 3 rings (SSSR count). The number of likely N-dealkylation sites (tertiary alicyclic amines) is 1. The molecule has 0 aliphatic carbocycles. The first-order valence-corrected chi connectivity index (χ1v) is 10.4. The maximum atomic E-state index is 13.7. The lowest BCUT2D eigenvalue weighted by Gasteiger charge is -2.39. The average molecular weight is 447 g/mol. The molecule has 2 fully saturated rings. The van der Waals surface area contributed by atoms with Crippen LogP contribution in [0.15, 0.2) is 24.3 Å². The molecule has 2 heterocycles. The topological polar surface area (TPSA) is 64.7 Å². The van der Waals surface area contributed by atoms with Crippen LogP contribution in [0.5, 0.6) is 0 Å². The third-order valence-electron chi connectivity index (χ3n) is 5.87. The Kier molecular flexibility index (Phi) is 7.46. The van der Waals surface area contributed by atoms with Crippen molar-refractivity contribution in [2.45, 2.75) is 44.6 Å². The highest BCUT2D eigenvalue weighted by atomic mass is 35.5. The molecule has 0 radical (unpaired) electrons. The number of piperidine rings is 1. The van der Waals surface area contributed by atoms with E-state index in [1.807, 2.05) is 12.1 Å². The minimum absolute atomic E-state index is 0.0647. The van der Waals surface area contributed by atoms with E-state index in [1.165, 1.54) is 4.90 Å². The van der Waals surface area contributed by atoms with Gasteiger partial charge in [-0.05, 0) is 43.4 Å². The lowest BCUT2D eigenvalue weighted by molar-refractivity contribution is -0.127. The first-order chi connectivity index (χ1) is 14.3. The molecule has 3 amide bonds. The van der Waals surface area contributed by atoms with Gasteiger partial charge in [-0.2, -0.15) is 0 Å². The number of rotatable bonds is 5. The Balaban J connectivity index is 1.74. The molecule has 0 bridgehead atoms. The molecule has 1 aromatic rings. The molecule has 0 aromatic heterocycles. The van der Waals surface area contributed by atoms with Gasteiger partial charge in [0.2, 0.25) is 12.2 Å². The smallest absolute Gasteiger partial charge is 0.318 e. The van der Waals surface area contributed by atoms with Crippen LogP contribution in [0.1, 0.15) is 31.4 Å². The molecule has 0 saturated carbocycles. The number of carbonyl (C=O) groups is 2. The summed E-state index contributed by atoms with van der Waals surface area (Å²) < 4.78 is 39.1. The number of alkyl halides is 3. The third-order valence-corrected chi connectivity index (χ3v) is 6.12. The number of amides is 3. The van der Waals surface area contributed by atoms with Crippen LogP contribution >= 0.6 is 11.6 Å². The summed E-state index contributed by atoms with van der Waals surface area (Å²) in [6, 6.07) is 5.69. The Hall–Kier alpha value is -2.00. The molecular weight excluding hydrogens is 421 g/mol. The maximum Gasteiger partial charge on any atom is 0.318 e. The Bertz CT molecular complexity index is 744. The fourth-order valence-corrected chi connectivity index (χ4v) is 4.20. The Labute approximate surface area is 178 Å². The summed E-state index contributed by atoms with van der Waals surface area (Å²) >= 11 is 5.99. The molecule has 1 unspecified atom stereocenters. The summed E-state index contributed by atoms with van der Waals surface area (Å²) in [5, 5.41) is 6.28. The van der Waals surface area contributed by atoms with E-state index < -0.39 is 24.8 Å². The van der Waals surface area contributed by atoms with Crippen molar-refractivity contribution < 1.29 is 22.8 Å². The van der Waals surface area contributed by atoms with Crippen molar-refractivity contribution in [2.75, 3.05) is 26.2 Å². The normalized spacial score (nSPS) is 23.2. The highest BCUT2D eigenvalue weighted by Gasteiger charge is 2.36. The van der Waals surface area contributed by atoms with Gasteiger partial charge in [-0.3, -0.25) is 9.69 Å². The Morgan fingerprint density at radius 3 is 2.40 bits per heavy atom. The number of hydrogen-bond acceptors (Lipinski definition) is 3. The second-order valence-electron chi connectivity index (χ2n) is 7.72. The second kappa shape index (κ2) is 9.87. The van der Waals surface area contributed by atoms with E-state index in [1.54, 1.807) is 19.1 Å². The fraction of sp³-hybridized carbons (Fsp3) is 0.600. The molecule has 10 heteroatoms. The van der Waals surface area contributed by atoms with E-state index in [2.05, 4.69) is 10.6 Å². The molecule has 2 N–H and O–H groups in total. The predicted molar refractivity (Wildman–Crippen MR) is 107 cm³/mol. The molecule has 6 nitrogen and oxygen atoms in total. The van der Waals surface area contributed by atoms with Crippen molar-refractivity contribution in [1.82, 2.24) is 20.4 Å². The first-order valence-electron chi connectivity index (χ1n) is 10.0. The summed E-state index contributed by atoms with van der Waals surface area (Å²) in [6.07, 6.45) is -4.41. The van der Waals surface area contributed by atoms with Crippen LogP contribution in [-0.2, 0) is 4.79 Å². The first kappa shape index (κ1) is 22.7. The number of carbonyl (C=O) groups excluding carboxylic acids is 2. The quantitative estimate of drug-likeness (QED) is 0.683. The van der Waals surface area contributed by atoms with Crippen molar-refractivity contribution in [3.63, 3.8) is 0 Å². The van der Waals surface area contributed by atoms with Gasteiger partial charge < -0.3 is 15.5 Å². The summed E-state index contributed by atoms with van der Waals surface area (Å²) in [7, 11) is 0. The summed E-state index contributed by atoms with van der Waals surface area (Å²) in [5.74, 6) is -0.279. The van der Waals surface area contributed by atoms with Crippen LogP contribution < -0.4 is 10.6 Å². The number of urea groups is 1. The fourth-order valence-electron chi connectivity index (χ4n) is 4.08. The van der Waals surface area contributed by atoms with Gasteiger partial charge in [0.15, 0.2) is 0 Å². The van der Waals surface area contributed by atoms with Crippen molar-refractivity contribution in [2.24, 2.45) is 5.92 Å². The standard InChI is InChI=1S/C20H26ClF3N4O2/c1-12-19(29)25-8-11-28(12)20(30)26-16(13-2-4-15(21)5-3-13)14-6-9-27(10-7-14)18(24)17(22)23/h2-5,12,14,16-18H,6-11H2,1H3,(H,25,29)(H,26,30)/t12-,16+,18?/m1/s1. The van der Waals surface area contributed by atoms with E-state index in [-0.39, 0.29) is 30.9 Å². The van der Waals surface area contributed by atoms with Crippen molar-refractivity contribution >= 4 is 23.5 Å². The zero-order valence-electron chi connectivity index (χ0n) is 16.7. The van der Waals surface area contributed by atoms with Gasteiger partial charge in [-0.1, -0.05) is 23.7 Å². The van der Waals surface area contributed by atoms with Crippen LogP contribution in [0, 0.1) is 5.92 Å². The van der Waals surface area contributed by atoms with Gasteiger partial charge in [0.25, 0.3) is 6.43 Å². The van der Waals surface area contributed by atoms with E-state index in [0.29, 0.717) is 31.0 Å². The monoisotopic (exact) mass is 446 g/mol. The number of hydrogen-bond donors (Lipinski definition) is 2. The zero-order valence-corrected chi connectivity index (χ0v) is 17.4. The molecule has 2 aliphatic rings. The summed E-state index contributed by atoms with van der Waals surface area (Å²) in [4.78, 5) is 27.5. The van der Waals surface area contributed by atoms with E-state index in [0.717, 1.165) is 10.5 Å². The van der Waals surface area contributed by atoms with E-state index in [4.69, 9.17) is 11.6 Å². The summed E-state index contributed by atoms with van der Waals surface area (Å²) in [5.41, 5.74) is 0.825. The molecule has 2 aliphatic heterocycles. The van der Waals surface area contributed by atoms with Crippen LogP contribution in [0.4, 0.5) is 18.0 Å². The van der Waals surface area contributed by atoms with Gasteiger partial charge in [0, 0.05) is 31.2 Å². The summed E-state index contributed by atoms with van der Waals surface area (Å²) in [6.45, 7) is 2.79. The SMILES string of the molecule is C[C@@H]1C(=O)NCCN1C(=O)N[C@@H](c1ccc(Cl)cc1)C1CCN(C(F)C(F)F)CC1. The molecule has 1 aromatic carbocycles. The Morgan fingerprint density at radius 1 is 1.17 bits per heavy atom. The number of nitrogens with one attached hydrogen (secondary N) is 2. The lowest BCUT2D eigenvalue weighted by atomic mass is 9.85. The predicted octanol–water partition coefficient (Wildman–Crippen LogP) is 3.18. The van der Waals surface area contributed by atoms with Crippen LogP contribution in [-0.4, -0.2) is 66.7 Å². The molecule has 30 heavy (non-hydrogen) atoms. The number of nitrogens with zero attached hydrogens (tertiary/aromatic N) is 2. The minimum atomic E-state index is -3.04. The number of piperazine rings is 1. The molecule has 0 spiro atoms. The van der Waals surface area contributed by atoms with E-state index >= 15 is 0 Å². The molecule has 166 valence electrons. The maximum absolute atomic E-state index is 13.7. The van der Waals surface area contributed by atoms with E-state index in [9.17, 15) is 22.8 Å². The van der Waals surface area contributed by atoms with Gasteiger partial charge in [0.05, 0.1) is 6.04 Å². The minimum Gasteiger partial charge on any atom is -0.353 e. The van der Waals surface area contributed by atoms with Gasteiger partial charge in [-0.15, -0.1) is 0 Å². The van der Waals surface area contributed by atoms with Crippen molar-refractivity contribution in [3.05, 3.63) is 34.9 Å². The Morgan fingerprint density at radius 2 is 1.80 bits per heavy atom. The van der Waals surface area contributed by atoms with Crippen LogP contribution in [0.2, 0.25) is 5.02 Å². The van der Waals surface area contributed by atoms with Crippen LogP contribution in [0.3, 0.4) is 0 Å². The van der Waals surface area contributed by atoms with Gasteiger partial charge >= 0.3 is 6.03 Å². The van der Waals surface area contributed by atoms with Crippen LogP contribution in [0.25, 0.3) is 0 Å². The largest absolute Gasteiger partial charge is 0.353 e. The molecular formula is C20H26ClF3N4O2. The molecule has 2 saturated heterocycles. The average Bonchev–Trinajstić information content (AvgIpc) is 2.74. The third kappa shape index (κ3) is 5.18. The lowest BCUT2D eigenvalue weighted by Crippen LogP contribution is -2.59. The van der Waals surface area contributed by atoms with Crippen molar-refractivity contribution in [3.8, 4) is 0 Å². The zero-order chi connectivity index (χ0) is 21.8. The molecule has 3 atom stereocenters. The second-order valence-corrected chi connectivity index (χ2v) is 8.16. The highest BCUT2D eigenvalue weighted by molar-refractivity contribution is 6.30. The number of halogens is 4. The van der Waals surface area contributed by atoms with Crippen molar-refractivity contribution in [1.29, 1.82) is 0 Å². The van der Waals surface area contributed by atoms with Gasteiger partial charge in [-0.25, -0.2) is 18.0 Å². The van der Waals surface area contributed by atoms with Gasteiger partial charge in [0.1, 0.15) is 6.04 Å². The highest BCUT2D eigenvalue weighted by Crippen LogP contribution is 2.33. The number of benzene rings is 1.